The van der Waals surface area contributed by atoms with Gasteiger partial charge in [0.15, 0.2) is 0 Å². The number of aryl methyl sites for hydroxylation is 1. The maximum Gasteiger partial charge on any atom is 0.251 e. The van der Waals surface area contributed by atoms with Gasteiger partial charge in [-0.15, -0.1) is 11.3 Å². The molecule has 0 saturated carbocycles. The highest BCUT2D eigenvalue weighted by atomic mass is 32.1. The molecule has 0 spiro atoms. The van der Waals surface area contributed by atoms with E-state index in [0.29, 0.717) is 17.8 Å². The van der Waals surface area contributed by atoms with E-state index >= 15 is 0 Å². The SMILES string of the molecule is CC(=O)Nc1ccc(C)c(C(=O)NCc2nc3ccccc3s2)c1. The molecule has 6 heteroatoms. The molecule has 2 amide bonds. The molecule has 2 N–H and O–H groups in total. The minimum Gasteiger partial charge on any atom is -0.346 e. The van der Waals surface area contributed by atoms with E-state index < -0.39 is 0 Å². The van der Waals surface area contributed by atoms with Crippen molar-refractivity contribution in [2.24, 2.45) is 0 Å². The summed E-state index contributed by atoms with van der Waals surface area (Å²) in [6.45, 7) is 3.68. The fourth-order valence-electron chi connectivity index (χ4n) is 2.39. The van der Waals surface area contributed by atoms with E-state index in [1.54, 1.807) is 23.5 Å². The van der Waals surface area contributed by atoms with E-state index in [0.717, 1.165) is 20.8 Å². The summed E-state index contributed by atoms with van der Waals surface area (Å²) in [7, 11) is 0. The number of carbonyl (C=O) groups is 2. The molecule has 0 saturated heterocycles. The van der Waals surface area contributed by atoms with Crippen LogP contribution in [-0.2, 0) is 11.3 Å². The molecule has 122 valence electrons. The average molecular weight is 339 g/mol. The lowest BCUT2D eigenvalue weighted by Crippen LogP contribution is -2.23. The Balaban J connectivity index is 1.73. The summed E-state index contributed by atoms with van der Waals surface area (Å²) in [6.07, 6.45) is 0. The fraction of sp³-hybridized carbons (Fsp3) is 0.167. The average Bonchev–Trinajstić information content (AvgIpc) is 2.97. The third kappa shape index (κ3) is 3.60. The number of amides is 2. The summed E-state index contributed by atoms with van der Waals surface area (Å²) in [4.78, 5) is 28.1. The lowest BCUT2D eigenvalue weighted by atomic mass is 10.1. The van der Waals surface area contributed by atoms with Gasteiger partial charge < -0.3 is 10.6 Å². The van der Waals surface area contributed by atoms with Gasteiger partial charge in [0.2, 0.25) is 5.91 Å². The molecule has 24 heavy (non-hydrogen) atoms. The van der Waals surface area contributed by atoms with Crippen LogP contribution < -0.4 is 10.6 Å². The van der Waals surface area contributed by atoms with Crippen molar-refractivity contribution in [2.75, 3.05) is 5.32 Å². The van der Waals surface area contributed by atoms with Gasteiger partial charge in [0.1, 0.15) is 5.01 Å². The van der Waals surface area contributed by atoms with Gasteiger partial charge in [0.25, 0.3) is 5.91 Å². The summed E-state index contributed by atoms with van der Waals surface area (Å²) < 4.78 is 1.10. The Morgan fingerprint density at radius 3 is 2.71 bits per heavy atom. The molecule has 0 atom stereocenters. The van der Waals surface area contributed by atoms with Crippen molar-refractivity contribution in [3.8, 4) is 0 Å². The number of fused-ring (bicyclic) bond motifs is 1. The lowest BCUT2D eigenvalue weighted by molar-refractivity contribution is -0.114. The Kier molecular flexibility index (Phi) is 4.57. The van der Waals surface area contributed by atoms with E-state index in [1.165, 1.54) is 6.92 Å². The maximum absolute atomic E-state index is 12.4. The quantitative estimate of drug-likeness (QED) is 0.764. The Morgan fingerprint density at radius 2 is 1.96 bits per heavy atom. The van der Waals surface area contributed by atoms with Crippen molar-refractivity contribution in [2.45, 2.75) is 20.4 Å². The number of aromatic nitrogens is 1. The van der Waals surface area contributed by atoms with Crippen LogP contribution in [0.4, 0.5) is 5.69 Å². The third-order valence-electron chi connectivity index (χ3n) is 3.54. The molecule has 0 aliphatic carbocycles. The molecule has 1 aromatic heterocycles. The van der Waals surface area contributed by atoms with E-state index in [-0.39, 0.29) is 11.8 Å². The number of carbonyl (C=O) groups excluding carboxylic acids is 2. The highest BCUT2D eigenvalue weighted by Crippen LogP contribution is 2.21. The number of hydrogen-bond acceptors (Lipinski definition) is 4. The second kappa shape index (κ2) is 6.80. The Labute approximate surface area is 143 Å². The summed E-state index contributed by atoms with van der Waals surface area (Å²) in [5.74, 6) is -0.348. The van der Waals surface area contributed by atoms with Crippen LogP contribution >= 0.6 is 11.3 Å². The second-order valence-corrected chi connectivity index (χ2v) is 6.58. The fourth-order valence-corrected chi connectivity index (χ4v) is 3.30. The van der Waals surface area contributed by atoms with Gasteiger partial charge in [0, 0.05) is 18.2 Å². The molecule has 1 heterocycles. The predicted molar refractivity (Wildman–Crippen MR) is 96.3 cm³/mol. The van der Waals surface area contributed by atoms with E-state index in [1.807, 2.05) is 37.3 Å². The molecule has 3 aromatic rings. The van der Waals surface area contributed by atoms with Crippen molar-refractivity contribution in [1.29, 1.82) is 0 Å². The topological polar surface area (TPSA) is 71.1 Å². The number of benzene rings is 2. The van der Waals surface area contributed by atoms with Crippen molar-refractivity contribution in [3.63, 3.8) is 0 Å². The summed E-state index contributed by atoms with van der Waals surface area (Å²) in [6, 6.07) is 13.2. The highest BCUT2D eigenvalue weighted by Gasteiger charge is 2.11. The summed E-state index contributed by atoms with van der Waals surface area (Å²) in [5.41, 5.74) is 2.95. The van der Waals surface area contributed by atoms with E-state index in [2.05, 4.69) is 15.6 Å². The normalized spacial score (nSPS) is 10.6. The first kappa shape index (κ1) is 16.1. The monoisotopic (exact) mass is 339 g/mol. The summed E-state index contributed by atoms with van der Waals surface area (Å²) >= 11 is 1.57. The molecular formula is C18H17N3O2S. The standard InChI is InChI=1S/C18H17N3O2S/c1-11-7-8-13(20-12(2)22)9-14(11)18(23)19-10-17-21-15-5-3-4-6-16(15)24-17/h3-9H,10H2,1-2H3,(H,19,23)(H,20,22). The maximum atomic E-state index is 12.4. The number of nitrogens with zero attached hydrogens (tertiary/aromatic N) is 1. The third-order valence-corrected chi connectivity index (χ3v) is 4.58. The Hall–Kier alpha value is -2.73. The largest absolute Gasteiger partial charge is 0.346 e. The van der Waals surface area contributed by atoms with Crippen molar-refractivity contribution in [1.82, 2.24) is 10.3 Å². The van der Waals surface area contributed by atoms with Gasteiger partial charge in [0.05, 0.1) is 16.8 Å². The van der Waals surface area contributed by atoms with Crippen LogP contribution in [0.5, 0.6) is 0 Å². The molecule has 0 aliphatic rings. The molecule has 0 aliphatic heterocycles. The Bertz CT molecular complexity index is 885. The van der Waals surface area contributed by atoms with Gasteiger partial charge in [-0.2, -0.15) is 0 Å². The van der Waals surface area contributed by atoms with Crippen LogP contribution in [0.15, 0.2) is 42.5 Å². The number of rotatable bonds is 4. The van der Waals surface area contributed by atoms with E-state index in [4.69, 9.17) is 0 Å². The van der Waals surface area contributed by atoms with Crippen molar-refractivity contribution in [3.05, 3.63) is 58.6 Å². The van der Waals surface area contributed by atoms with Crippen LogP contribution in [0.25, 0.3) is 10.2 Å². The van der Waals surface area contributed by atoms with Gasteiger partial charge >= 0.3 is 0 Å². The minimum absolute atomic E-state index is 0.167. The van der Waals surface area contributed by atoms with Crippen molar-refractivity contribution >= 4 is 39.1 Å². The van der Waals surface area contributed by atoms with Crippen LogP contribution in [0.3, 0.4) is 0 Å². The molecular weight excluding hydrogens is 322 g/mol. The number of thiazole rings is 1. The van der Waals surface area contributed by atoms with Crippen LogP contribution in [0.1, 0.15) is 27.9 Å². The van der Waals surface area contributed by atoms with Gasteiger partial charge in [-0.3, -0.25) is 9.59 Å². The number of hydrogen-bond donors (Lipinski definition) is 2. The highest BCUT2D eigenvalue weighted by molar-refractivity contribution is 7.18. The van der Waals surface area contributed by atoms with Crippen molar-refractivity contribution < 1.29 is 9.59 Å². The van der Waals surface area contributed by atoms with Crippen LogP contribution in [0.2, 0.25) is 0 Å². The molecule has 0 fully saturated rings. The second-order valence-electron chi connectivity index (χ2n) is 5.47. The molecule has 0 bridgehead atoms. The smallest absolute Gasteiger partial charge is 0.251 e. The molecule has 3 rings (SSSR count). The predicted octanol–water partition coefficient (Wildman–Crippen LogP) is 3.49. The first-order chi connectivity index (χ1) is 11.5. The molecule has 5 nitrogen and oxygen atoms in total. The van der Waals surface area contributed by atoms with Gasteiger partial charge in [-0.25, -0.2) is 4.98 Å². The molecule has 0 unspecified atom stereocenters. The molecule has 0 radical (unpaired) electrons. The first-order valence-corrected chi connectivity index (χ1v) is 8.35. The van der Waals surface area contributed by atoms with E-state index in [9.17, 15) is 9.59 Å². The van der Waals surface area contributed by atoms with Crippen LogP contribution in [-0.4, -0.2) is 16.8 Å². The first-order valence-electron chi connectivity index (χ1n) is 7.54. The van der Waals surface area contributed by atoms with Crippen LogP contribution in [0, 0.1) is 6.92 Å². The number of anilines is 1. The van der Waals surface area contributed by atoms with Gasteiger partial charge in [-0.05, 0) is 36.8 Å². The zero-order valence-electron chi connectivity index (χ0n) is 13.4. The minimum atomic E-state index is -0.182. The number of para-hydroxylation sites is 1. The lowest BCUT2D eigenvalue weighted by Gasteiger charge is -2.09. The zero-order valence-corrected chi connectivity index (χ0v) is 14.2. The zero-order chi connectivity index (χ0) is 17.1. The molecule has 2 aromatic carbocycles. The Morgan fingerprint density at radius 1 is 1.17 bits per heavy atom. The van der Waals surface area contributed by atoms with Gasteiger partial charge in [-0.1, -0.05) is 18.2 Å². The number of nitrogens with one attached hydrogen (secondary N) is 2. The summed E-state index contributed by atoms with van der Waals surface area (Å²) in [5, 5.41) is 6.44.